The number of rotatable bonds is 4. The maximum Gasteiger partial charge on any atom is 0.192 e. The van der Waals surface area contributed by atoms with E-state index in [4.69, 9.17) is 9.15 Å². The van der Waals surface area contributed by atoms with Crippen molar-refractivity contribution in [3.8, 4) is 0 Å². The molecule has 1 heterocycles. The minimum absolute atomic E-state index is 0.695. The molecule has 0 radical (unpaired) electrons. The number of hydrogen-bond donors (Lipinski definition) is 1. The molecule has 0 aliphatic carbocycles. The summed E-state index contributed by atoms with van der Waals surface area (Å²) in [4.78, 5) is 0. The number of methoxy groups -OCH3 is 1. The zero-order valence-corrected chi connectivity index (χ0v) is 5.96. The van der Waals surface area contributed by atoms with E-state index in [-0.39, 0.29) is 0 Å². The van der Waals surface area contributed by atoms with Crippen LogP contribution in [-0.2, 0) is 4.74 Å². The average molecular weight is 141 g/mol. The summed E-state index contributed by atoms with van der Waals surface area (Å²) in [7, 11) is 1.67. The molecule has 3 nitrogen and oxygen atoms in total. The second-order valence-corrected chi connectivity index (χ2v) is 1.90. The standard InChI is InChI=1S/C7H11NO2/c1-9-6-4-8-7-3-2-5-10-7/h2-3,5,8H,4,6H2,1H3. The van der Waals surface area contributed by atoms with Crippen LogP contribution in [0.2, 0.25) is 0 Å². The summed E-state index contributed by atoms with van der Waals surface area (Å²) in [6, 6.07) is 3.71. The maximum atomic E-state index is 5.01. The Morgan fingerprint density at radius 1 is 1.70 bits per heavy atom. The fourth-order valence-corrected chi connectivity index (χ4v) is 0.655. The van der Waals surface area contributed by atoms with Gasteiger partial charge in [0.1, 0.15) is 0 Å². The first kappa shape index (κ1) is 7.15. The van der Waals surface area contributed by atoms with Gasteiger partial charge in [-0.15, -0.1) is 0 Å². The third-order valence-electron chi connectivity index (χ3n) is 1.13. The van der Waals surface area contributed by atoms with E-state index in [1.165, 1.54) is 0 Å². The lowest BCUT2D eigenvalue weighted by Crippen LogP contribution is -2.06. The van der Waals surface area contributed by atoms with Crippen LogP contribution in [0.5, 0.6) is 0 Å². The summed E-state index contributed by atoms with van der Waals surface area (Å²) < 4.78 is 9.85. The largest absolute Gasteiger partial charge is 0.449 e. The summed E-state index contributed by atoms with van der Waals surface area (Å²) in [6.07, 6.45) is 1.63. The molecular formula is C7H11NO2. The van der Waals surface area contributed by atoms with Crippen molar-refractivity contribution in [2.24, 2.45) is 0 Å². The molecule has 0 atom stereocenters. The number of furan rings is 1. The third kappa shape index (κ3) is 2.11. The predicted molar refractivity (Wildman–Crippen MR) is 39.1 cm³/mol. The first-order chi connectivity index (χ1) is 4.93. The highest BCUT2D eigenvalue weighted by Gasteiger charge is 1.90. The highest BCUT2D eigenvalue weighted by molar-refractivity contribution is 5.29. The van der Waals surface area contributed by atoms with Crippen molar-refractivity contribution in [1.82, 2.24) is 0 Å². The first-order valence-electron chi connectivity index (χ1n) is 3.20. The van der Waals surface area contributed by atoms with E-state index < -0.39 is 0 Å². The van der Waals surface area contributed by atoms with Crippen LogP contribution in [0, 0.1) is 0 Å². The van der Waals surface area contributed by atoms with Gasteiger partial charge in [0.25, 0.3) is 0 Å². The van der Waals surface area contributed by atoms with E-state index in [2.05, 4.69) is 5.32 Å². The molecule has 0 saturated carbocycles. The number of nitrogens with one attached hydrogen (secondary N) is 1. The number of ether oxygens (including phenoxy) is 1. The van der Waals surface area contributed by atoms with E-state index in [9.17, 15) is 0 Å². The van der Waals surface area contributed by atoms with Crippen LogP contribution in [0.3, 0.4) is 0 Å². The summed E-state index contributed by atoms with van der Waals surface area (Å²) in [5.41, 5.74) is 0. The van der Waals surface area contributed by atoms with Crippen molar-refractivity contribution in [3.63, 3.8) is 0 Å². The summed E-state index contributed by atoms with van der Waals surface area (Å²) >= 11 is 0. The Balaban J connectivity index is 2.15. The second-order valence-electron chi connectivity index (χ2n) is 1.90. The SMILES string of the molecule is COCCNc1ccco1. The second kappa shape index (κ2) is 3.95. The molecule has 0 aliphatic rings. The Bertz CT molecular complexity index is 160. The predicted octanol–water partition coefficient (Wildman–Crippen LogP) is 1.34. The number of hydrogen-bond acceptors (Lipinski definition) is 3. The van der Waals surface area contributed by atoms with Gasteiger partial charge in [-0.05, 0) is 6.07 Å². The summed E-state index contributed by atoms with van der Waals surface area (Å²) in [5, 5.41) is 3.03. The van der Waals surface area contributed by atoms with Crippen LogP contribution in [0.1, 0.15) is 0 Å². The van der Waals surface area contributed by atoms with Gasteiger partial charge in [0, 0.05) is 19.7 Å². The molecule has 10 heavy (non-hydrogen) atoms. The van der Waals surface area contributed by atoms with Crippen molar-refractivity contribution in [3.05, 3.63) is 18.4 Å². The Morgan fingerprint density at radius 3 is 3.20 bits per heavy atom. The van der Waals surface area contributed by atoms with E-state index in [1.54, 1.807) is 13.4 Å². The molecule has 0 aliphatic heterocycles. The van der Waals surface area contributed by atoms with Crippen molar-refractivity contribution in [1.29, 1.82) is 0 Å². The maximum absolute atomic E-state index is 5.01. The van der Waals surface area contributed by atoms with E-state index in [0.29, 0.717) is 6.61 Å². The molecule has 0 bridgehead atoms. The minimum atomic E-state index is 0.695. The van der Waals surface area contributed by atoms with Gasteiger partial charge in [0.2, 0.25) is 0 Å². The van der Waals surface area contributed by atoms with Gasteiger partial charge >= 0.3 is 0 Å². The molecule has 3 heteroatoms. The molecule has 56 valence electrons. The topological polar surface area (TPSA) is 34.4 Å². The molecular weight excluding hydrogens is 130 g/mol. The van der Waals surface area contributed by atoms with Crippen LogP contribution in [0.4, 0.5) is 5.88 Å². The molecule has 1 N–H and O–H groups in total. The Hall–Kier alpha value is -0.960. The van der Waals surface area contributed by atoms with Gasteiger partial charge in [-0.1, -0.05) is 0 Å². The fourth-order valence-electron chi connectivity index (χ4n) is 0.655. The fraction of sp³-hybridized carbons (Fsp3) is 0.429. The zero-order valence-electron chi connectivity index (χ0n) is 5.96. The van der Waals surface area contributed by atoms with Crippen molar-refractivity contribution in [2.75, 3.05) is 25.6 Å². The van der Waals surface area contributed by atoms with Gasteiger partial charge in [0.05, 0.1) is 12.9 Å². The molecule has 0 fully saturated rings. The Labute approximate surface area is 60.0 Å². The highest BCUT2D eigenvalue weighted by Crippen LogP contribution is 2.04. The molecule has 0 amide bonds. The minimum Gasteiger partial charge on any atom is -0.449 e. The monoisotopic (exact) mass is 141 g/mol. The molecule has 0 aromatic carbocycles. The zero-order chi connectivity index (χ0) is 7.23. The van der Waals surface area contributed by atoms with Gasteiger partial charge < -0.3 is 14.5 Å². The molecule has 1 aromatic rings. The lowest BCUT2D eigenvalue weighted by Gasteiger charge is -1.99. The summed E-state index contributed by atoms with van der Waals surface area (Å²) in [5.74, 6) is 0.789. The van der Waals surface area contributed by atoms with Gasteiger partial charge in [-0.25, -0.2) is 0 Å². The van der Waals surface area contributed by atoms with Gasteiger partial charge in [0.15, 0.2) is 5.88 Å². The van der Waals surface area contributed by atoms with Crippen molar-refractivity contribution in [2.45, 2.75) is 0 Å². The van der Waals surface area contributed by atoms with Crippen molar-refractivity contribution < 1.29 is 9.15 Å². The van der Waals surface area contributed by atoms with Gasteiger partial charge in [-0.2, -0.15) is 0 Å². The smallest absolute Gasteiger partial charge is 0.192 e. The van der Waals surface area contributed by atoms with Crippen molar-refractivity contribution >= 4 is 5.88 Å². The van der Waals surface area contributed by atoms with E-state index >= 15 is 0 Å². The van der Waals surface area contributed by atoms with Crippen LogP contribution >= 0.6 is 0 Å². The lowest BCUT2D eigenvalue weighted by atomic mass is 10.6. The molecule has 1 aromatic heterocycles. The van der Waals surface area contributed by atoms with Crippen LogP contribution < -0.4 is 5.32 Å². The van der Waals surface area contributed by atoms with E-state index in [0.717, 1.165) is 12.4 Å². The van der Waals surface area contributed by atoms with Crippen LogP contribution in [0.25, 0.3) is 0 Å². The normalized spacial score (nSPS) is 9.70. The van der Waals surface area contributed by atoms with Crippen LogP contribution in [0.15, 0.2) is 22.8 Å². The van der Waals surface area contributed by atoms with E-state index in [1.807, 2.05) is 12.1 Å². The first-order valence-corrected chi connectivity index (χ1v) is 3.20. The van der Waals surface area contributed by atoms with Crippen LogP contribution in [-0.4, -0.2) is 20.3 Å². The van der Waals surface area contributed by atoms with Gasteiger partial charge in [-0.3, -0.25) is 0 Å². The Kier molecular flexibility index (Phi) is 2.83. The summed E-state index contributed by atoms with van der Waals surface area (Å²) in [6.45, 7) is 1.48. The molecule has 0 unspecified atom stereocenters. The quantitative estimate of drug-likeness (QED) is 0.642. The molecule has 1 rings (SSSR count). The Morgan fingerprint density at radius 2 is 2.60 bits per heavy atom. The highest BCUT2D eigenvalue weighted by atomic mass is 16.5. The molecule has 0 spiro atoms. The number of anilines is 1. The third-order valence-corrected chi connectivity index (χ3v) is 1.13. The lowest BCUT2D eigenvalue weighted by molar-refractivity contribution is 0.210. The average Bonchev–Trinajstić information content (AvgIpc) is 2.41. The molecule has 0 saturated heterocycles.